The van der Waals surface area contributed by atoms with Crippen molar-refractivity contribution in [3.05, 3.63) is 0 Å². The second-order valence-electron chi connectivity index (χ2n) is 4.75. The molecule has 0 fully saturated rings. The van der Waals surface area contributed by atoms with Crippen molar-refractivity contribution in [1.82, 2.24) is 0 Å². The van der Waals surface area contributed by atoms with E-state index in [1.54, 1.807) is 0 Å². The molecule has 0 aliphatic carbocycles. The molecule has 1 atom stereocenters. The number of rotatable bonds is 6. The van der Waals surface area contributed by atoms with Crippen LogP contribution in [0.4, 0.5) is 0 Å². The summed E-state index contributed by atoms with van der Waals surface area (Å²) in [5, 5.41) is 9.04. The van der Waals surface area contributed by atoms with Gasteiger partial charge in [0, 0.05) is 6.61 Å². The summed E-state index contributed by atoms with van der Waals surface area (Å²) in [6.07, 6.45) is 4.99. The molecule has 1 heteroatoms. The highest BCUT2D eigenvalue weighted by Gasteiger charge is 2.16. The summed E-state index contributed by atoms with van der Waals surface area (Å²) in [4.78, 5) is 0. The Balaban J connectivity index is 3.52. The largest absolute Gasteiger partial charge is 0.396 e. The fourth-order valence-electron chi connectivity index (χ4n) is 1.35. The molecule has 0 aromatic rings. The van der Waals surface area contributed by atoms with Crippen LogP contribution >= 0.6 is 0 Å². The van der Waals surface area contributed by atoms with Crippen LogP contribution in [-0.4, -0.2) is 11.7 Å². The highest BCUT2D eigenvalue weighted by Crippen LogP contribution is 2.25. The molecule has 74 valence electrons. The van der Waals surface area contributed by atoms with E-state index in [1.165, 1.54) is 19.3 Å². The van der Waals surface area contributed by atoms with Gasteiger partial charge in [0.2, 0.25) is 0 Å². The Morgan fingerprint density at radius 3 is 2.25 bits per heavy atom. The third-order valence-corrected chi connectivity index (χ3v) is 2.52. The van der Waals surface area contributed by atoms with Crippen LogP contribution in [0.3, 0.4) is 0 Å². The van der Waals surface area contributed by atoms with Crippen LogP contribution < -0.4 is 0 Å². The van der Waals surface area contributed by atoms with Crippen LogP contribution in [0, 0.1) is 11.3 Å². The SMILES string of the molecule is CCCC(C)CCC(C)(C)CO. The second kappa shape index (κ2) is 5.58. The van der Waals surface area contributed by atoms with Gasteiger partial charge in [-0.15, -0.1) is 0 Å². The molecule has 0 saturated heterocycles. The molecule has 0 rings (SSSR count). The quantitative estimate of drug-likeness (QED) is 0.652. The lowest BCUT2D eigenvalue weighted by molar-refractivity contribution is 0.142. The third kappa shape index (κ3) is 5.59. The van der Waals surface area contributed by atoms with E-state index in [1.807, 2.05) is 0 Å². The minimum absolute atomic E-state index is 0.127. The van der Waals surface area contributed by atoms with E-state index >= 15 is 0 Å². The van der Waals surface area contributed by atoms with Gasteiger partial charge in [0.1, 0.15) is 0 Å². The van der Waals surface area contributed by atoms with E-state index in [0.29, 0.717) is 6.61 Å². The van der Waals surface area contributed by atoms with Crippen molar-refractivity contribution in [2.75, 3.05) is 6.61 Å². The summed E-state index contributed by atoms with van der Waals surface area (Å²) < 4.78 is 0. The second-order valence-corrected chi connectivity index (χ2v) is 4.75. The first-order chi connectivity index (χ1) is 5.52. The van der Waals surface area contributed by atoms with Crippen molar-refractivity contribution < 1.29 is 5.11 Å². The molecular formula is C11H24O. The molecule has 0 radical (unpaired) electrons. The fraction of sp³-hybridized carbons (Fsp3) is 1.00. The summed E-state index contributed by atoms with van der Waals surface area (Å²) in [6.45, 7) is 9.10. The lowest BCUT2D eigenvalue weighted by atomic mass is 9.85. The van der Waals surface area contributed by atoms with E-state index in [9.17, 15) is 0 Å². The Labute approximate surface area is 77.2 Å². The van der Waals surface area contributed by atoms with Crippen LogP contribution in [0.1, 0.15) is 53.4 Å². The normalized spacial score (nSPS) is 14.8. The standard InChI is InChI=1S/C11H24O/c1-5-6-10(2)7-8-11(3,4)9-12/h10,12H,5-9H2,1-4H3. The van der Waals surface area contributed by atoms with E-state index in [-0.39, 0.29) is 5.41 Å². The van der Waals surface area contributed by atoms with Gasteiger partial charge < -0.3 is 5.11 Å². The molecule has 0 aliphatic rings. The molecule has 0 aliphatic heterocycles. The molecule has 1 unspecified atom stereocenters. The van der Waals surface area contributed by atoms with E-state index in [0.717, 1.165) is 12.3 Å². The van der Waals surface area contributed by atoms with Crippen LogP contribution in [0.2, 0.25) is 0 Å². The van der Waals surface area contributed by atoms with Crippen LogP contribution in [0.15, 0.2) is 0 Å². The summed E-state index contributed by atoms with van der Waals surface area (Å²) in [7, 11) is 0. The van der Waals surface area contributed by atoms with Crippen LogP contribution in [0.25, 0.3) is 0 Å². The maximum atomic E-state index is 9.04. The monoisotopic (exact) mass is 172 g/mol. The summed E-state index contributed by atoms with van der Waals surface area (Å²) >= 11 is 0. The summed E-state index contributed by atoms with van der Waals surface area (Å²) in [5.74, 6) is 0.820. The predicted molar refractivity (Wildman–Crippen MR) is 54.2 cm³/mol. The first kappa shape index (κ1) is 12.0. The van der Waals surface area contributed by atoms with Crippen molar-refractivity contribution in [3.8, 4) is 0 Å². The predicted octanol–water partition coefficient (Wildman–Crippen LogP) is 3.22. The van der Waals surface area contributed by atoms with Crippen molar-refractivity contribution in [2.24, 2.45) is 11.3 Å². The zero-order valence-corrected chi connectivity index (χ0v) is 9.06. The highest BCUT2D eigenvalue weighted by molar-refractivity contribution is 4.68. The molecule has 0 bridgehead atoms. The van der Waals surface area contributed by atoms with E-state index in [4.69, 9.17) is 5.11 Å². The van der Waals surface area contributed by atoms with Crippen molar-refractivity contribution in [3.63, 3.8) is 0 Å². The van der Waals surface area contributed by atoms with Gasteiger partial charge in [0.15, 0.2) is 0 Å². The lowest BCUT2D eigenvalue weighted by Gasteiger charge is -2.23. The highest BCUT2D eigenvalue weighted by atomic mass is 16.3. The molecule has 0 spiro atoms. The smallest absolute Gasteiger partial charge is 0.0482 e. The Hall–Kier alpha value is -0.0400. The van der Waals surface area contributed by atoms with Crippen molar-refractivity contribution >= 4 is 0 Å². The van der Waals surface area contributed by atoms with Gasteiger partial charge in [-0.3, -0.25) is 0 Å². The molecular weight excluding hydrogens is 148 g/mol. The molecule has 12 heavy (non-hydrogen) atoms. The zero-order chi connectivity index (χ0) is 9.61. The molecule has 0 amide bonds. The lowest BCUT2D eigenvalue weighted by Crippen LogP contribution is -2.17. The maximum absolute atomic E-state index is 9.04. The van der Waals surface area contributed by atoms with Gasteiger partial charge in [-0.05, 0) is 17.8 Å². The Morgan fingerprint density at radius 1 is 1.25 bits per heavy atom. The maximum Gasteiger partial charge on any atom is 0.0482 e. The summed E-state index contributed by atoms with van der Waals surface area (Å²) in [6, 6.07) is 0. The third-order valence-electron chi connectivity index (χ3n) is 2.52. The van der Waals surface area contributed by atoms with Gasteiger partial charge in [-0.1, -0.05) is 47.0 Å². The molecule has 0 aromatic heterocycles. The van der Waals surface area contributed by atoms with Crippen LogP contribution in [-0.2, 0) is 0 Å². The van der Waals surface area contributed by atoms with Gasteiger partial charge in [0.05, 0.1) is 0 Å². The average Bonchev–Trinajstić information content (AvgIpc) is 2.02. The minimum Gasteiger partial charge on any atom is -0.396 e. The van der Waals surface area contributed by atoms with Crippen molar-refractivity contribution in [2.45, 2.75) is 53.4 Å². The molecule has 0 aromatic carbocycles. The van der Waals surface area contributed by atoms with E-state index in [2.05, 4.69) is 27.7 Å². The Bertz CT molecular complexity index is 108. The molecule has 1 N–H and O–H groups in total. The first-order valence-electron chi connectivity index (χ1n) is 5.12. The van der Waals surface area contributed by atoms with Gasteiger partial charge in [-0.25, -0.2) is 0 Å². The number of aliphatic hydroxyl groups is 1. The van der Waals surface area contributed by atoms with Gasteiger partial charge in [0.25, 0.3) is 0 Å². The zero-order valence-electron chi connectivity index (χ0n) is 9.06. The van der Waals surface area contributed by atoms with Gasteiger partial charge in [-0.2, -0.15) is 0 Å². The average molecular weight is 172 g/mol. The molecule has 0 saturated carbocycles. The first-order valence-corrected chi connectivity index (χ1v) is 5.12. The molecule has 1 nitrogen and oxygen atoms in total. The fourth-order valence-corrected chi connectivity index (χ4v) is 1.35. The number of aliphatic hydroxyl groups excluding tert-OH is 1. The Kier molecular flexibility index (Phi) is 5.56. The van der Waals surface area contributed by atoms with E-state index < -0.39 is 0 Å². The van der Waals surface area contributed by atoms with Crippen molar-refractivity contribution in [1.29, 1.82) is 0 Å². The Morgan fingerprint density at radius 2 is 1.83 bits per heavy atom. The van der Waals surface area contributed by atoms with Gasteiger partial charge >= 0.3 is 0 Å². The molecule has 0 heterocycles. The number of hydrogen-bond acceptors (Lipinski definition) is 1. The topological polar surface area (TPSA) is 20.2 Å². The summed E-state index contributed by atoms with van der Waals surface area (Å²) in [5.41, 5.74) is 0.127. The minimum atomic E-state index is 0.127. The number of hydrogen-bond donors (Lipinski definition) is 1. The van der Waals surface area contributed by atoms with Crippen LogP contribution in [0.5, 0.6) is 0 Å².